The van der Waals surface area contributed by atoms with Crippen molar-refractivity contribution >= 4 is 10.9 Å². The van der Waals surface area contributed by atoms with E-state index in [1.54, 1.807) is 34.0 Å². The lowest BCUT2D eigenvalue weighted by Gasteiger charge is -2.20. The monoisotopic (exact) mass is 298 g/mol. The highest BCUT2D eigenvalue weighted by molar-refractivity contribution is 5.75. The molecule has 3 aromatic heterocycles. The van der Waals surface area contributed by atoms with Crippen LogP contribution < -0.4 is 5.56 Å². The lowest BCUT2D eigenvalue weighted by atomic mass is 10.0. The molecule has 1 atom stereocenters. The van der Waals surface area contributed by atoms with Gasteiger partial charge in [0.25, 0.3) is 5.56 Å². The van der Waals surface area contributed by atoms with Gasteiger partial charge in [-0.15, -0.1) is 0 Å². The van der Waals surface area contributed by atoms with Crippen LogP contribution in [0.4, 0.5) is 0 Å². The number of aromatic nitrogens is 6. The second-order valence-corrected chi connectivity index (χ2v) is 5.74. The van der Waals surface area contributed by atoms with Gasteiger partial charge >= 0.3 is 0 Å². The molecular weight excluding hydrogens is 280 g/mol. The summed E-state index contributed by atoms with van der Waals surface area (Å²) in [5.74, 6) is 1.16. The Morgan fingerprint density at radius 3 is 2.77 bits per heavy atom. The van der Waals surface area contributed by atoms with Crippen LogP contribution in [0, 0.1) is 5.92 Å². The zero-order valence-corrected chi connectivity index (χ0v) is 12.8. The zero-order valence-electron chi connectivity index (χ0n) is 12.8. The van der Waals surface area contributed by atoms with E-state index in [0.29, 0.717) is 16.8 Å². The van der Waals surface area contributed by atoms with Crippen LogP contribution in [0.25, 0.3) is 10.9 Å². The van der Waals surface area contributed by atoms with Crippen LogP contribution in [0.15, 0.2) is 35.9 Å². The molecule has 3 heterocycles. The fourth-order valence-corrected chi connectivity index (χ4v) is 2.60. The Kier molecular flexibility index (Phi) is 3.70. The van der Waals surface area contributed by atoms with Gasteiger partial charge < -0.3 is 0 Å². The molecule has 0 aliphatic carbocycles. The van der Waals surface area contributed by atoms with E-state index in [0.717, 1.165) is 12.2 Å². The molecule has 7 nitrogen and oxygen atoms in total. The number of hydrogen-bond donors (Lipinski definition) is 0. The van der Waals surface area contributed by atoms with Gasteiger partial charge in [-0.25, -0.2) is 9.97 Å². The van der Waals surface area contributed by atoms with Crippen molar-refractivity contribution in [2.45, 2.75) is 26.3 Å². The molecule has 0 bridgehead atoms. The third-order valence-corrected chi connectivity index (χ3v) is 3.66. The summed E-state index contributed by atoms with van der Waals surface area (Å²) in [5.41, 5.74) is 0.520. The van der Waals surface area contributed by atoms with E-state index in [1.165, 1.54) is 6.33 Å². The summed E-state index contributed by atoms with van der Waals surface area (Å²) in [7, 11) is 1.83. The summed E-state index contributed by atoms with van der Waals surface area (Å²) in [6.07, 6.45) is 7.07. The van der Waals surface area contributed by atoms with Gasteiger partial charge in [0.15, 0.2) is 0 Å². The molecule has 0 fully saturated rings. The number of aryl methyl sites for hydroxylation is 1. The second-order valence-electron chi connectivity index (χ2n) is 5.74. The maximum Gasteiger partial charge on any atom is 0.261 e. The third-order valence-electron chi connectivity index (χ3n) is 3.66. The third kappa shape index (κ3) is 2.49. The predicted molar refractivity (Wildman–Crippen MR) is 82.4 cm³/mol. The van der Waals surface area contributed by atoms with E-state index in [-0.39, 0.29) is 11.6 Å². The number of hydrogen-bond acceptors (Lipinski definition) is 5. The van der Waals surface area contributed by atoms with Gasteiger partial charge in [-0.2, -0.15) is 5.10 Å². The molecule has 7 heteroatoms. The highest BCUT2D eigenvalue weighted by Crippen LogP contribution is 2.22. The Morgan fingerprint density at radius 1 is 1.27 bits per heavy atom. The lowest BCUT2D eigenvalue weighted by molar-refractivity contribution is 0.411. The van der Waals surface area contributed by atoms with E-state index in [2.05, 4.69) is 33.9 Å². The van der Waals surface area contributed by atoms with Crippen LogP contribution in [0.2, 0.25) is 0 Å². The van der Waals surface area contributed by atoms with Crippen molar-refractivity contribution in [3.05, 3.63) is 47.3 Å². The maximum absolute atomic E-state index is 12.8. The first-order valence-electron chi connectivity index (χ1n) is 7.22. The number of fused-ring (bicyclic) bond motifs is 1. The van der Waals surface area contributed by atoms with Crippen molar-refractivity contribution in [2.75, 3.05) is 0 Å². The molecule has 0 N–H and O–H groups in total. The minimum absolute atomic E-state index is 0.0824. The fraction of sp³-hybridized carbons (Fsp3) is 0.400. The summed E-state index contributed by atoms with van der Waals surface area (Å²) >= 11 is 0. The van der Waals surface area contributed by atoms with Crippen LogP contribution in [0.5, 0.6) is 0 Å². The predicted octanol–water partition coefficient (Wildman–Crippen LogP) is 1.56. The minimum atomic E-state index is -0.190. The molecule has 3 aromatic rings. The second kappa shape index (κ2) is 5.67. The van der Waals surface area contributed by atoms with Gasteiger partial charge in [0.2, 0.25) is 0 Å². The lowest BCUT2D eigenvalue weighted by Crippen LogP contribution is -2.28. The average molecular weight is 298 g/mol. The molecular formula is C15H18N6O. The van der Waals surface area contributed by atoms with Crippen molar-refractivity contribution in [2.24, 2.45) is 13.0 Å². The summed E-state index contributed by atoms with van der Waals surface area (Å²) in [6, 6.07) is 1.51. The SMILES string of the molecule is CC(C)CC(c1ncnn1C)n1cnc2cnccc2c1=O. The molecule has 0 amide bonds. The molecule has 0 aliphatic rings. The Hall–Kier alpha value is -2.57. The highest BCUT2D eigenvalue weighted by atomic mass is 16.1. The fourth-order valence-electron chi connectivity index (χ4n) is 2.60. The van der Waals surface area contributed by atoms with Gasteiger partial charge in [-0.05, 0) is 18.4 Å². The molecule has 1 unspecified atom stereocenters. The van der Waals surface area contributed by atoms with E-state index in [1.807, 2.05) is 7.05 Å². The molecule has 0 saturated carbocycles. The van der Waals surface area contributed by atoms with Gasteiger partial charge in [0, 0.05) is 13.2 Å². The van der Waals surface area contributed by atoms with Crippen LogP contribution >= 0.6 is 0 Å². The molecule has 3 rings (SSSR count). The first-order chi connectivity index (χ1) is 10.6. The zero-order chi connectivity index (χ0) is 15.7. The Labute approximate surface area is 127 Å². The van der Waals surface area contributed by atoms with Gasteiger partial charge in [0.1, 0.15) is 12.2 Å². The van der Waals surface area contributed by atoms with E-state index >= 15 is 0 Å². The van der Waals surface area contributed by atoms with Gasteiger partial charge in [-0.1, -0.05) is 13.8 Å². The first-order valence-corrected chi connectivity index (χ1v) is 7.22. The quantitative estimate of drug-likeness (QED) is 0.730. The summed E-state index contributed by atoms with van der Waals surface area (Å²) in [6.45, 7) is 4.24. The molecule has 0 aromatic carbocycles. The maximum atomic E-state index is 12.8. The summed E-state index contributed by atoms with van der Waals surface area (Å²) < 4.78 is 3.35. The molecule has 114 valence electrons. The van der Waals surface area contributed by atoms with Crippen molar-refractivity contribution in [3.8, 4) is 0 Å². The van der Waals surface area contributed by atoms with Crippen molar-refractivity contribution in [1.29, 1.82) is 0 Å². The van der Waals surface area contributed by atoms with Crippen molar-refractivity contribution in [3.63, 3.8) is 0 Å². The van der Waals surface area contributed by atoms with Crippen LogP contribution in [0.3, 0.4) is 0 Å². The highest BCUT2D eigenvalue weighted by Gasteiger charge is 2.22. The van der Waals surface area contributed by atoms with Crippen molar-refractivity contribution in [1.82, 2.24) is 29.3 Å². The number of nitrogens with zero attached hydrogens (tertiary/aromatic N) is 6. The van der Waals surface area contributed by atoms with E-state index in [4.69, 9.17) is 0 Å². The van der Waals surface area contributed by atoms with Gasteiger partial charge in [0.05, 0.1) is 29.5 Å². The number of rotatable bonds is 4. The topological polar surface area (TPSA) is 78.5 Å². The number of pyridine rings is 1. The average Bonchev–Trinajstić information content (AvgIpc) is 2.92. The van der Waals surface area contributed by atoms with E-state index in [9.17, 15) is 4.79 Å². The smallest absolute Gasteiger partial charge is 0.261 e. The Bertz CT molecular complexity index is 850. The summed E-state index contributed by atoms with van der Waals surface area (Å²) in [5, 5.41) is 4.69. The van der Waals surface area contributed by atoms with Gasteiger partial charge in [-0.3, -0.25) is 19.0 Å². The van der Waals surface area contributed by atoms with Crippen LogP contribution in [-0.4, -0.2) is 29.3 Å². The molecule has 22 heavy (non-hydrogen) atoms. The largest absolute Gasteiger partial charge is 0.288 e. The summed E-state index contributed by atoms with van der Waals surface area (Å²) in [4.78, 5) is 25.5. The molecule has 0 aliphatic heterocycles. The normalized spacial score (nSPS) is 12.9. The molecule has 0 saturated heterocycles. The van der Waals surface area contributed by atoms with Crippen molar-refractivity contribution < 1.29 is 0 Å². The van der Waals surface area contributed by atoms with Crippen LogP contribution in [0.1, 0.15) is 32.1 Å². The first kappa shape index (κ1) is 14.4. The standard InChI is InChI=1S/C15H18N6O/c1-10(2)6-13(14-17-8-19-20(14)3)21-9-18-12-7-16-5-4-11(12)15(21)22/h4-5,7-10,13H,6H2,1-3H3. The molecule has 0 radical (unpaired) electrons. The van der Waals surface area contributed by atoms with Crippen LogP contribution in [-0.2, 0) is 7.05 Å². The minimum Gasteiger partial charge on any atom is -0.288 e. The Balaban J connectivity index is 2.18. The Morgan fingerprint density at radius 2 is 2.09 bits per heavy atom. The van der Waals surface area contributed by atoms with E-state index < -0.39 is 0 Å². The molecule has 0 spiro atoms.